The zero-order valence-electron chi connectivity index (χ0n) is 20.7. The maximum Gasteiger partial charge on any atom is 0.239 e. The molecule has 0 spiro atoms. The highest BCUT2D eigenvalue weighted by molar-refractivity contribution is 7.88. The van der Waals surface area contributed by atoms with Gasteiger partial charge in [0.15, 0.2) is 0 Å². The third kappa shape index (κ3) is 6.37. The quantitative estimate of drug-likeness (QED) is 0.234. The molecule has 0 aliphatic heterocycles. The molecule has 2 N–H and O–H groups in total. The average Bonchev–Trinajstić information content (AvgIpc) is 3.35. The molecule has 0 fully saturated rings. The van der Waals surface area contributed by atoms with Crippen molar-refractivity contribution in [3.05, 3.63) is 143 Å². The molecule has 0 aliphatic carbocycles. The van der Waals surface area contributed by atoms with Crippen molar-refractivity contribution in [1.82, 2.24) is 10.0 Å². The lowest BCUT2D eigenvalue weighted by atomic mass is 9.97. The molecule has 1 amide bonds. The Morgan fingerprint density at radius 2 is 1.29 bits per heavy atom. The molecular formula is C31H28N2O3S2. The number of sulfonamides is 1. The molecule has 5 rings (SSSR count). The third-order valence-electron chi connectivity index (χ3n) is 6.38. The number of fused-ring (bicyclic) bond motifs is 1. The Bertz CT molecular complexity index is 1560. The zero-order chi connectivity index (χ0) is 26.4. The summed E-state index contributed by atoms with van der Waals surface area (Å²) in [5.41, 5.74) is 3.42. The fourth-order valence-electron chi connectivity index (χ4n) is 4.54. The topological polar surface area (TPSA) is 75.3 Å². The molecular weight excluding hydrogens is 512 g/mol. The van der Waals surface area contributed by atoms with Crippen LogP contribution >= 0.6 is 11.3 Å². The van der Waals surface area contributed by atoms with Gasteiger partial charge in [-0.3, -0.25) is 4.79 Å². The summed E-state index contributed by atoms with van der Waals surface area (Å²) < 4.78 is 30.3. The summed E-state index contributed by atoms with van der Waals surface area (Å²) in [6.45, 7) is 0. The van der Waals surface area contributed by atoms with Crippen molar-refractivity contribution in [1.29, 1.82) is 0 Å². The maximum atomic E-state index is 13.9. The Morgan fingerprint density at radius 3 is 1.92 bits per heavy atom. The van der Waals surface area contributed by atoms with Crippen molar-refractivity contribution in [2.24, 2.45) is 0 Å². The summed E-state index contributed by atoms with van der Waals surface area (Å²) in [6, 6.07) is 34.9. The summed E-state index contributed by atoms with van der Waals surface area (Å²) >= 11 is 1.59. The van der Waals surface area contributed by atoms with Crippen molar-refractivity contribution in [2.75, 3.05) is 0 Å². The minimum Gasteiger partial charge on any atom is -0.344 e. The fourth-order valence-corrected chi connectivity index (χ4v) is 6.86. The van der Waals surface area contributed by atoms with Crippen LogP contribution in [0.4, 0.5) is 0 Å². The van der Waals surface area contributed by atoms with E-state index >= 15 is 0 Å². The first-order chi connectivity index (χ1) is 18.5. The number of benzene rings is 4. The molecule has 1 heterocycles. The van der Waals surface area contributed by atoms with E-state index in [2.05, 4.69) is 10.0 Å². The molecule has 0 saturated heterocycles. The second kappa shape index (κ2) is 11.7. The number of hydrogen-bond donors (Lipinski definition) is 2. The van der Waals surface area contributed by atoms with E-state index < -0.39 is 22.1 Å². The van der Waals surface area contributed by atoms with Gasteiger partial charge in [0.25, 0.3) is 0 Å². The van der Waals surface area contributed by atoms with Gasteiger partial charge in [0.2, 0.25) is 15.9 Å². The summed E-state index contributed by atoms with van der Waals surface area (Å²) in [5.74, 6) is -0.586. The van der Waals surface area contributed by atoms with E-state index in [1.165, 1.54) is 0 Å². The average molecular weight is 541 g/mol. The first-order valence-corrected chi connectivity index (χ1v) is 14.9. The van der Waals surface area contributed by atoms with Crippen molar-refractivity contribution in [2.45, 2.75) is 24.3 Å². The number of thiophene rings is 1. The summed E-state index contributed by atoms with van der Waals surface area (Å²) in [7, 11) is -3.81. The van der Waals surface area contributed by atoms with E-state index in [0.717, 1.165) is 26.8 Å². The van der Waals surface area contributed by atoms with Crippen LogP contribution in [0.25, 0.3) is 10.1 Å². The molecule has 4 aromatic carbocycles. The van der Waals surface area contributed by atoms with Gasteiger partial charge in [-0.05, 0) is 45.5 Å². The monoisotopic (exact) mass is 540 g/mol. The van der Waals surface area contributed by atoms with Gasteiger partial charge in [0, 0.05) is 4.70 Å². The van der Waals surface area contributed by atoms with E-state index in [-0.39, 0.29) is 18.1 Å². The van der Waals surface area contributed by atoms with Crippen LogP contribution in [-0.4, -0.2) is 20.4 Å². The second-order valence-corrected chi connectivity index (χ2v) is 11.8. The molecule has 5 aromatic rings. The minimum atomic E-state index is -3.81. The van der Waals surface area contributed by atoms with Crippen LogP contribution in [0.2, 0.25) is 0 Å². The highest BCUT2D eigenvalue weighted by atomic mass is 32.2. The van der Waals surface area contributed by atoms with Crippen LogP contribution < -0.4 is 10.0 Å². The van der Waals surface area contributed by atoms with E-state index in [9.17, 15) is 13.2 Å². The van der Waals surface area contributed by atoms with Gasteiger partial charge in [0.05, 0.1) is 11.8 Å². The smallest absolute Gasteiger partial charge is 0.239 e. The molecule has 0 radical (unpaired) electrons. The summed E-state index contributed by atoms with van der Waals surface area (Å²) in [5, 5.41) is 6.16. The van der Waals surface area contributed by atoms with Crippen molar-refractivity contribution in [3.63, 3.8) is 0 Å². The lowest BCUT2D eigenvalue weighted by Crippen LogP contribution is -2.49. The molecule has 38 heavy (non-hydrogen) atoms. The van der Waals surface area contributed by atoms with Crippen LogP contribution in [0.1, 0.15) is 28.3 Å². The summed E-state index contributed by atoms with van der Waals surface area (Å²) in [4.78, 5) is 13.9. The highest BCUT2D eigenvalue weighted by Gasteiger charge is 2.28. The van der Waals surface area contributed by atoms with E-state index in [0.29, 0.717) is 5.56 Å². The number of hydrogen-bond acceptors (Lipinski definition) is 4. The molecule has 0 aliphatic rings. The molecule has 0 saturated carbocycles. The van der Waals surface area contributed by atoms with E-state index in [1.54, 1.807) is 35.6 Å². The van der Waals surface area contributed by atoms with Crippen molar-refractivity contribution in [3.8, 4) is 0 Å². The predicted octanol–water partition coefficient (Wildman–Crippen LogP) is 5.84. The van der Waals surface area contributed by atoms with Gasteiger partial charge in [0.1, 0.15) is 6.04 Å². The van der Waals surface area contributed by atoms with Crippen molar-refractivity contribution < 1.29 is 13.2 Å². The molecule has 7 heteroatoms. The number of carbonyl (C=O) groups excluding carboxylic acids is 1. The Balaban J connectivity index is 1.46. The molecule has 5 nitrogen and oxygen atoms in total. The van der Waals surface area contributed by atoms with E-state index in [1.807, 2.05) is 96.4 Å². The van der Waals surface area contributed by atoms with Crippen molar-refractivity contribution >= 4 is 37.4 Å². The molecule has 0 unspecified atom stereocenters. The molecule has 1 atom stereocenters. The van der Waals surface area contributed by atoms with Crippen LogP contribution in [0, 0.1) is 0 Å². The number of nitrogens with one attached hydrogen (secondary N) is 2. The van der Waals surface area contributed by atoms with Crippen LogP contribution in [-0.2, 0) is 27.0 Å². The lowest BCUT2D eigenvalue weighted by Gasteiger charge is -2.24. The second-order valence-electron chi connectivity index (χ2n) is 9.14. The Kier molecular flexibility index (Phi) is 7.98. The normalized spacial score (nSPS) is 12.4. The molecule has 1 aromatic heterocycles. The zero-order valence-corrected chi connectivity index (χ0v) is 22.3. The fraction of sp³-hybridized carbons (Fsp3) is 0.129. The highest BCUT2D eigenvalue weighted by Crippen LogP contribution is 2.27. The first kappa shape index (κ1) is 25.9. The third-order valence-corrected chi connectivity index (χ3v) is 8.74. The molecule has 0 bridgehead atoms. The first-order valence-electron chi connectivity index (χ1n) is 12.4. The maximum absolute atomic E-state index is 13.9. The van der Waals surface area contributed by atoms with Gasteiger partial charge < -0.3 is 5.32 Å². The number of rotatable bonds is 10. The van der Waals surface area contributed by atoms with Crippen LogP contribution in [0.5, 0.6) is 0 Å². The van der Waals surface area contributed by atoms with Gasteiger partial charge >= 0.3 is 0 Å². The largest absolute Gasteiger partial charge is 0.344 e. The number of carbonyl (C=O) groups is 1. The summed E-state index contributed by atoms with van der Waals surface area (Å²) in [6.07, 6.45) is 0.236. The predicted molar refractivity (Wildman–Crippen MR) is 154 cm³/mol. The Morgan fingerprint density at radius 1 is 0.737 bits per heavy atom. The lowest BCUT2D eigenvalue weighted by molar-refractivity contribution is -0.123. The van der Waals surface area contributed by atoms with Gasteiger partial charge in [-0.15, -0.1) is 11.3 Å². The van der Waals surface area contributed by atoms with Gasteiger partial charge in [-0.1, -0.05) is 109 Å². The van der Waals surface area contributed by atoms with E-state index in [4.69, 9.17) is 0 Å². The van der Waals surface area contributed by atoms with Gasteiger partial charge in [-0.2, -0.15) is 0 Å². The Labute approximate surface area is 227 Å². The number of amides is 1. The minimum absolute atomic E-state index is 0.206. The molecule has 192 valence electrons. The van der Waals surface area contributed by atoms with Crippen LogP contribution in [0.3, 0.4) is 0 Å². The Hall–Kier alpha value is -3.78. The van der Waals surface area contributed by atoms with Gasteiger partial charge in [-0.25, -0.2) is 13.1 Å². The SMILES string of the molecule is O=C(NC(c1ccccc1)c1ccccc1)[C@@H](Cc1csc2ccccc12)NS(=O)(=O)Cc1ccccc1. The standard InChI is InChI=1S/C31H28N2O3S2/c34-31(32-30(24-14-6-2-7-15-24)25-16-8-3-9-17-25)28(20-26-21-37-29-19-11-10-18-27(26)29)33-38(35,36)22-23-12-4-1-5-13-23/h1-19,21,28,30,33H,20,22H2,(H,32,34)/t28-/m1/s1. The van der Waals surface area contributed by atoms with Crippen LogP contribution in [0.15, 0.2) is 121 Å².